The highest BCUT2D eigenvalue weighted by Gasteiger charge is 2.46. The van der Waals surface area contributed by atoms with Crippen LogP contribution >= 0.6 is 0 Å². The van der Waals surface area contributed by atoms with Crippen molar-refractivity contribution in [2.75, 3.05) is 19.6 Å². The van der Waals surface area contributed by atoms with E-state index in [1.807, 2.05) is 0 Å². The van der Waals surface area contributed by atoms with Crippen molar-refractivity contribution < 1.29 is 0 Å². The Bertz CT molecular complexity index is 3760. The Labute approximate surface area is 458 Å². The lowest BCUT2D eigenvalue weighted by Crippen LogP contribution is -2.61. The fourth-order valence-corrected chi connectivity index (χ4v) is 13.5. The third-order valence-electron chi connectivity index (χ3n) is 17.3. The molecule has 4 aliphatic rings. The van der Waals surface area contributed by atoms with Gasteiger partial charge in [0, 0.05) is 62.6 Å². The van der Waals surface area contributed by atoms with Crippen molar-refractivity contribution in [3.05, 3.63) is 232 Å². The van der Waals surface area contributed by atoms with Crippen LogP contribution in [0, 0.1) is 38.5 Å². The third kappa shape index (κ3) is 8.45. The highest BCUT2D eigenvalue weighted by molar-refractivity contribution is 7.00. The Morgan fingerprint density at radius 3 is 1.35 bits per heavy atom. The van der Waals surface area contributed by atoms with Crippen LogP contribution < -0.4 is 36.0 Å². The normalized spacial score (nSPS) is 15.4. The zero-order valence-corrected chi connectivity index (χ0v) is 47.0. The second-order valence-corrected chi connectivity index (χ2v) is 25.6. The lowest BCUT2D eigenvalue weighted by Gasteiger charge is -2.46. The van der Waals surface area contributed by atoms with Gasteiger partial charge in [-0.1, -0.05) is 145 Å². The van der Waals surface area contributed by atoms with E-state index < -0.39 is 0 Å². The molecule has 2 aliphatic heterocycles. The number of anilines is 12. The van der Waals surface area contributed by atoms with Crippen LogP contribution in [0.5, 0.6) is 0 Å². The molecule has 5 heteroatoms. The molecule has 0 saturated carbocycles. The smallest absolute Gasteiger partial charge is 0.252 e. The standard InChI is InChI=1S/C72H71BN4/c1-46-20-27-55(28-21-46)74(56-29-22-47(2)23-30-56)59-34-35-65-62(39-59)73-61-37-52-44-72(10,11)45-53(52)38-66(61)77(64-19-15-13-17-49(64)4)68-41-60(40-67(69(68)73)76(65)63-18-14-12-16-48(63)3)75(57-32-25-54(26-33-57)70(5,6)7)58-31-24-50-42-71(8,9)43-51(50)36-58/h12-41H,42-45H2,1-11H3. The number of rotatable bonds is 8. The maximum Gasteiger partial charge on any atom is 0.252 e. The summed E-state index contributed by atoms with van der Waals surface area (Å²) < 4.78 is 0. The summed E-state index contributed by atoms with van der Waals surface area (Å²) in [5.41, 5.74) is 30.7. The summed E-state index contributed by atoms with van der Waals surface area (Å²) in [6.45, 7) is 25.5. The Hall–Kier alpha value is -7.76. The number of hydrogen-bond acceptors (Lipinski definition) is 4. The molecule has 0 saturated heterocycles. The zero-order chi connectivity index (χ0) is 53.3. The number of aryl methyl sites for hydroxylation is 4. The summed E-state index contributed by atoms with van der Waals surface area (Å²) in [6.07, 6.45) is 4.27. The molecule has 0 atom stereocenters. The fourth-order valence-electron chi connectivity index (χ4n) is 13.5. The maximum absolute atomic E-state index is 2.65. The monoisotopic (exact) mass is 1000 g/mol. The molecule has 0 radical (unpaired) electrons. The minimum Gasteiger partial charge on any atom is -0.311 e. The van der Waals surface area contributed by atoms with E-state index in [1.165, 1.54) is 106 Å². The molecule has 0 bridgehead atoms. The van der Waals surface area contributed by atoms with E-state index in [-0.39, 0.29) is 23.0 Å². The van der Waals surface area contributed by atoms with Gasteiger partial charge in [-0.2, -0.15) is 0 Å². The predicted octanol–water partition coefficient (Wildman–Crippen LogP) is 17.5. The first-order chi connectivity index (χ1) is 36.9. The number of para-hydroxylation sites is 2. The minimum absolute atomic E-state index is 0.0168. The van der Waals surface area contributed by atoms with E-state index in [1.54, 1.807) is 0 Å². The van der Waals surface area contributed by atoms with E-state index >= 15 is 0 Å². The van der Waals surface area contributed by atoms with Crippen LogP contribution in [0.15, 0.2) is 182 Å². The first kappa shape index (κ1) is 48.9. The minimum atomic E-state index is -0.0758. The average Bonchev–Trinajstić information content (AvgIpc) is 3.96. The van der Waals surface area contributed by atoms with Gasteiger partial charge < -0.3 is 19.6 Å². The van der Waals surface area contributed by atoms with Crippen molar-refractivity contribution in [3.8, 4) is 0 Å². The van der Waals surface area contributed by atoms with Crippen molar-refractivity contribution in [2.45, 2.75) is 107 Å². The Kier molecular flexibility index (Phi) is 11.4. The molecule has 0 N–H and O–H groups in total. The second-order valence-electron chi connectivity index (χ2n) is 25.6. The SMILES string of the molecule is Cc1ccc(N(c2ccc(C)cc2)c2ccc3c(c2)B2c4cc5c(cc4N(c4ccccc4C)c4cc(N(c6ccc(C(C)(C)C)cc6)c6ccc7c(c6)CC(C)(C)C7)cc(c42)N3c2ccccc2C)CC(C)(C)C5)cc1. The topological polar surface area (TPSA) is 13.0 Å². The van der Waals surface area contributed by atoms with Crippen LogP contribution in [0.25, 0.3) is 0 Å². The summed E-state index contributed by atoms with van der Waals surface area (Å²) in [5, 5.41) is 0. The van der Waals surface area contributed by atoms with E-state index in [0.29, 0.717) is 0 Å². The van der Waals surface area contributed by atoms with Gasteiger partial charge >= 0.3 is 0 Å². The molecule has 2 heterocycles. The lowest BCUT2D eigenvalue weighted by atomic mass is 9.33. The van der Waals surface area contributed by atoms with Crippen LogP contribution in [0.2, 0.25) is 0 Å². The van der Waals surface area contributed by atoms with Gasteiger partial charge in [0.05, 0.1) is 5.69 Å². The molecule has 382 valence electrons. The molecule has 0 spiro atoms. The van der Waals surface area contributed by atoms with Crippen LogP contribution in [-0.4, -0.2) is 6.71 Å². The molecule has 0 fully saturated rings. The fraction of sp³-hybridized carbons (Fsp3) is 0.250. The number of fused-ring (bicyclic) bond motifs is 6. The van der Waals surface area contributed by atoms with Gasteiger partial charge in [-0.25, -0.2) is 0 Å². The summed E-state index contributed by atoms with van der Waals surface area (Å²) in [7, 11) is 0. The number of benzene rings is 9. The van der Waals surface area contributed by atoms with E-state index in [4.69, 9.17) is 0 Å². The summed E-state index contributed by atoms with van der Waals surface area (Å²) in [5.74, 6) is 0. The zero-order valence-electron chi connectivity index (χ0n) is 47.0. The summed E-state index contributed by atoms with van der Waals surface area (Å²) in [6, 6.07) is 70.4. The molecule has 9 aromatic rings. The predicted molar refractivity (Wildman–Crippen MR) is 330 cm³/mol. The highest BCUT2D eigenvalue weighted by atomic mass is 15.2. The first-order valence-electron chi connectivity index (χ1n) is 28.0. The van der Waals surface area contributed by atoms with E-state index in [9.17, 15) is 0 Å². The molecular weight excluding hydrogens is 932 g/mol. The second kappa shape index (κ2) is 17.9. The molecule has 0 aromatic heterocycles. The lowest BCUT2D eigenvalue weighted by molar-refractivity contribution is 0.392. The van der Waals surface area contributed by atoms with Gasteiger partial charge in [0.15, 0.2) is 0 Å². The van der Waals surface area contributed by atoms with Gasteiger partial charge in [0.1, 0.15) is 0 Å². The van der Waals surface area contributed by atoms with Gasteiger partial charge in [-0.05, 0) is 222 Å². The molecule has 13 rings (SSSR count). The van der Waals surface area contributed by atoms with Crippen molar-refractivity contribution in [1.29, 1.82) is 0 Å². The van der Waals surface area contributed by atoms with Crippen LogP contribution in [0.1, 0.15) is 98.5 Å². The first-order valence-corrected chi connectivity index (χ1v) is 28.0. The van der Waals surface area contributed by atoms with Crippen molar-refractivity contribution in [3.63, 3.8) is 0 Å². The molecule has 2 aliphatic carbocycles. The summed E-state index contributed by atoms with van der Waals surface area (Å²) >= 11 is 0. The van der Waals surface area contributed by atoms with Gasteiger partial charge in [-0.15, -0.1) is 0 Å². The molecule has 77 heavy (non-hydrogen) atoms. The van der Waals surface area contributed by atoms with Crippen molar-refractivity contribution >= 4 is 91.3 Å². The van der Waals surface area contributed by atoms with Crippen LogP contribution in [0.3, 0.4) is 0 Å². The Balaban J connectivity index is 1.14. The van der Waals surface area contributed by atoms with E-state index in [0.717, 1.165) is 54.1 Å². The largest absolute Gasteiger partial charge is 0.311 e. The number of nitrogens with zero attached hydrogens (tertiary/aromatic N) is 4. The average molecular weight is 1000 g/mol. The third-order valence-corrected chi connectivity index (χ3v) is 17.3. The molecule has 0 amide bonds. The Morgan fingerprint density at radius 1 is 0.377 bits per heavy atom. The quantitative estimate of drug-likeness (QED) is 0.141. The molecule has 9 aromatic carbocycles. The van der Waals surface area contributed by atoms with Crippen molar-refractivity contribution in [1.82, 2.24) is 0 Å². The van der Waals surface area contributed by atoms with Gasteiger partial charge in [0.25, 0.3) is 6.71 Å². The Morgan fingerprint density at radius 2 is 0.805 bits per heavy atom. The summed E-state index contributed by atoms with van der Waals surface area (Å²) in [4.78, 5) is 10.3. The molecular formula is C72H71BN4. The van der Waals surface area contributed by atoms with Gasteiger partial charge in [-0.3, -0.25) is 0 Å². The van der Waals surface area contributed by atoms with Crippen molar-refractivity contribution in [2.24, 2.45) is 10.8 Å². The molecule has 4 nitrogen and oxygen atoms in total. The van der Waals surface area contributed by atoms with Crippen LogP contribution in [0.4, 0.5) is 68.2 Å². The maximum atomic E-state index is 2.65. The highest BCUT2D eigenvalue weighted by Crippen LogP contribution is 2.52. The van der Waals surface area contributed by atoms with Crippen LogP contribution in [-0.2, 0) is 31.1 Å². The molecule has 0 unspecified atom stereocenters. The number of hydrogen-bond donors (Lipinski definition) is 0. The van der Waals surface area contributed by atoms with E-state index in [2.05, 4.69) is 278 Å². The van der Waals surface area contributed by atoms with Gasteiger partial charge in [0.2, 0.25) is 0 Å².